The van der Waals surface area contributed by atoms with Crippen molar-refractivity contribution in [3.05, 3.63) is 34.4 Å². The Morgan fingerprint density at radius 2 is 1.67 bits per heavy atom. The molecule has 0 aliphatic carbocycles. The number of sulfone groups is 1. The van der Waals surface area contributed by atoms with Crippen molar-refractivity contribution < 1.29 is 8.42 Å². The molecule has 1 rings (SSSR count). The molecule has 102 valence electrons. The van der Waals surface area contributed by atoms with Crippen LogP contribution in [0.1, 0.15) is 35.6 Å². The van der Waals surface area contributed by atoms with E-state index in [2.05, 4.69) is 0 Å². The SMILES string of the molecule is Cc1cc(C)c(CS(=O)(=O)CCC(C)N)c(C)c1. The van der Waals surface area contributed by atoms with Gasteiger partial charge in [-0.15, -0.1) is 0 Å². The van der Waals surface area contributed by atoms with Gasteiger partial charge in [0.25, 0.3) is 0 Å². The molecule has 1 unspecified atom stereocenters. The number of hydrogen-bond acceptors (Lipinski definition) is 3. The van der Waals surface area contributed by atoms with Gasteiger partial charge in [0.05, 0.1) is 11.5 Å². The lowest BCUT2D eigenvalue weighted by Gasteiger charge is -2.12. The fourth-order valence-corrected chi connectivity index (χ4v) is 3.87. The van der Waals surface area contributed by atoms with Crippen LogP contribution in [0, 0.1) is 20.8 Å². The normalized spacial score (nSPS) is 13.6. The first-order chi connectivity index (χ1) is 8.21. The van der Waals surface area contributed by atoms with Crippen LogP contribution in [0.15, 0.2) is 12.1 Å². The Labute approximate surface area is 110 Å². The standard InChI is InChI=1S/C14H23NO2S/c1-10-7-11(2)14(12(3)8-10)9-18(16,17)6-5-13(4)15/h7-8,13H,5-6,9,15H2,1-4H3. The van der Waals surface area contributed by atoms with E-state index in [0.717, 1.165) is 16.7 Å². The van der Waals surface area contributed by atoms with Gasteiger partial charge in [-0.2, -0.15) is 0 Å². The highest BCUT2D eigenvalue weighted by Gasteiger charge is 2.16. The number of nitrogens with two attached hydrogens (primary N) is 1. The van der Waals surface area contributed by atoms with E-state index in [1.165, 1.54) is 5.56 Å². The Morgan fingerprint density at radius 1 is 1.17 bits per heavy atom. The molecule has 0 aliphatic rings. The summed E-state index contributed by atoms with van der Waals surface area (Å²) in [6.45, 7) is 7.79. The minimum Gasteiger partial charge on any atom is -0.328 e. The molecule has 0 aromatic heterocycles. The Morgan fingerprint density at radius 3 is 2.11 bits per heavy atom. The Hall–Kier alpha value is -0.870. The lowest BCUT2D eigenvalue weighted by atomic mass is 10.0. The van der Waals surface area contributed by atoms with Gasteiger partial charge in [0.15, 0.2) is 9.84 Å². The van der Waals surface area contributed by atoms with Crippen molar-refractivity contribution in [1.29, 1.82) is 0 Å². The first-order valence-electron chi connectivity index (χ1n) is 6.24. The second-order valence-electron chi connectivity index (χ2n) is 5.24. The second-order valence-corrected chi connectivity index (χ2v) is 7.42. The van der Waals surface area contributed by atoms with Crippen LogP contribution >= 0.6 is 0 Å². The molecule has 0 spiro atoms. The van der Waals surface area contributed by atoms with Crippen LogP contribution in [0.5, 0.6) is 0 Å². The zero-order valence-electron chi connectivity index (χ0n) is 11.7. The van der Waals surface area contributed by atoms with Gasteiger partial charge in [0, 0.05) is 6.04 Å². The molecule has 3 nitrogen and oxygen atoms in total. The van der Waals surface area contributed by atoms with E-state index in [1.807, 2.05) is 39.8 Å². The third-order valence-corrected chi connectivity index (χ3v) is 4.68. The molecule has 1 aromatic rings. The molecule has 0 heterocycles. The van der Waals surface area contributed by atoms with E-state index in [9.17, 15) is 8.42 Å². The third kappa shape index (κ3) is 4.42. The van der Waals surface area contributed by atoms with E-state index < -0.39 is 9.84 Å². The molecule has 0 radical (unpaired) electrons. The second kappa shape index (κ2) is 5.85. The quantitative estimate of drug-likeness (QED) is 0.892. The van der Waals surface area contributed by atoms with Crippen LogP contribution in [0.2, 0.25) is 0 Å². The van der Waals surface area contributed by atoms with Crippen LogP contribution in [0.3, 0.4) is 0 Å². The fourth-order valence-electron chi connectivity index (χ4n) is 2.10. The van der Waals surface area contributed by atoms with Crippen molar-refractivity contribution in [1.82, 2.24) is 0 Å². The minimum absolute atomic E-state index is 0.0695. The van der Waals surface area contributed by atoms with E-state index >= 15 is 0 Å². The summed E-state index contributed by atoms with van der Waals surface area (Å²) in [6, 6.07) is 3.99. The van der Waals surface area contributed by atoms with Gasteiger partial charge >= 0.3 is 0 Å². The predicted octanol–water partition coefficient (Wildman–Crippen LogP) is 2.26. The third-order valence-electron chi connectivity index (χ3n) is 3.09. The molecule has 1 aromatic carbocycles. The van der Waals surface area contributed by atoms with Crippen LogP contribution < -0.4 is 5.73 Å². The van der Waals surface area contributed by atoms with Gasteiger partial charge in [-0.05, 0) is 50.8 Å². The molecular weight excluding hydrogens is 246 g/mol. The highest BCUT2D eigenvalue weighted by Crippen LogP contribution is 2.19. The van der Waals surface area contributed by atoms with Gasteiger partial charge < -0.3 is 5.73 Å². The zero-order chi connectivity index (χ0) is 13.9. The first kappa shape index (κ1) is 15.2. The maximum atomic E-state index is 12.0. The van der Waals surface area contributed by atoms with Crippen molar-refractivity contribution >= 4 is 9.84 Å². The van der Waals surface area contributed by atoms with Crippen molar-refractivity contribution in [3.8, 4) is 0 Å². The highest BCUT2D eigenvalue weighted by molar-refractivity contribution is 7.90. The van der Waals surface area contributed by atoms with Gasteiger partial charge in [0.2, 0.25) is 0 Å². The smallest absolute Gasteiger partial charge is 0.154 e. The molecule has 0 fully saturated rings. The molecule has 18 heavy (non-hydrogen) atoms. The Kier molecular flexibility index (Phi) is 4.93. The van der Waals surface area contributed by atoms with Crippen LogP contribution in [0.4, 0.5) is 0 Å². The van der Waals surface area contributed by atoms with Crippen molar-refractivity contribution in [3.63, 3.8) is 0 Å². The van der Waals surface area contributed by atoms with E-state index in [0.29, 0.717) is 6.42 Å². The van der Waals surface area contributed by atoms with Crippen LogP contribution in [-0.4, -0.2) is 20.2 Å². The molecule has 0 aliphatic heterocycles. The van der Waals surface area contributed by atoms with Gasteiger partial charge in [-0.1, -0.05) is 17.7 Å². The zero-order valence-corrected chi connectivity index (χ0v) is 12.5. The summed E-state index contributed by atoms with van der Waals surface area (Å²) in [7, 11) is -3.07. The summed E-state index contributed by atoms with van der Waals surface area (Å²) in [6.07, 6.45) is 0.520. The molecule has 0 saturated carbocycles. The monoisotopic (exact) mass is 269 g/mol. The number of rotatable bonds is 5. The molecule has 0 saturated heterocycles. The summed E-state index contributed by atoms with van der Waals surface area (Å²) >= 11 is 0. The van der Waals surface area contributed by atoms with E-state index in [1.54, 1.807) is 0 Å². The van der Waals surface area contributed by atoms with E-state index in [-0.39, 0.29) is 17.5 Å². The first-order valence-corrected chi connectivity index (χ1v) is 8.06. The van der Waals surface area contributed by atoms with Gasteiger partial charge in [-0.3, -0.25) is 0 Å². The van der Waals surface area contributed by atoms with Crippen LogP contribution in [-0.2, 0) is 15.6 Å². The predicted molar refractivity (Wildman–Crippen MR) is 76.4 cm³/mol. The number of hydrogen-bond donors (Lipinski definition) is 1. The van der Waals surface area contributed by atoms with Crippen molar-refractivity contribution in [2.24, 2.45) is 5.73 Å². The van der Waals surface area contributed by atoms with Gasteiger partial charge in [0.1, 0.15) is 0 Å². The average Bonchev–Trinajstić information content (AvgIpc) is 2.21. The number of benzene rings is 1. The van der Waals surface area contributed by atoms with Crippen molar-refractivity contribution in [2.45, 2.75) is 45.9 Å². The van der Waals surface area contributed by atoms with Crippen LogP contribution in [0.25, 0.3) is 0 Å². The minimum atomic E-state index is -3.07. The summed E-state index contributed by atoms with van der Waals surface area (Å²) in [4.78, 5) is 0. The number of aryl methyl sites for hydroxylation is 3. The maximum Gasteiger partial charge on any atom is 0.154 e. The molecule has 4 heteroatoms. The van der Waals surface area contributed by atoms with Gasteiger partial charge in [-0.25, -0.2) is 8.42 Å². The fraction of sp³-hybridized carbons (Fsp3) is 0.571. The summed E-state index contributed by atoms with van der Waals surface area (Å²) in [5.41, 5.74) is 9.82. The van der Waals surface area contributed by atoms with E-state index in [4.69, 9.17) is 5.73 Å². The molecular formula is C14H23NO2S. The summed E-state index contributed by atoms with van der Waals surface area (Å²) in [5, 5.41) is 0. The molecule has 1 atom stereocenters. The molecule has 0 bridgehead atoms. The Bertz CT molecular complexity index is 496. The topological polar surface area (TPSA) is 60.2 Å². The lowest BCUT2D eigenvalue weighted by molar-refractivity contribution is 0.586. The van der Waals surface area contributed by atoms with Crippen molar-refractivity contribution in [2.75, 3.05) is 5.75 Å². The summed E-state index contributed by atoms with van der Waals surface area (Å²) < 4.78 is 24.1. The highest BCUT2D eigenvalue weighted by atomic mass is 32.2. The largest absolute Gasteiger partial charge is 0.328 e. The molecule has 0 amide bonds. The lowest BCUT2D eigenvalue weighted by Crippen LogP contribution is -2.21. The average molecular weight is 269 g/mol. The maximum absolute atomic E-state index is 12.0. The summed E-state index contributed by atoms with van der Waals surface area (Å²) in [5.74, 6) is 0.287. The molecule has 2 N–H and O–H groups in total. The Balaban J connectivity index is 2.91.